The molecule has 2 N–H and O–H groups in total. The molecule has 1 aromatic rings. The summed E-state index contributed by atoms with van der Waals surface area (Å²) in [5, 5.41) is 18.1. The Balaban J connectivity index is 2.16. The van der Waals surface area contributed by atoms with E-state index in [-0.39, 0.29) is 18.2 Å². The third-order valence-corrected chi connectivity index (χ3v) is 3.10. The number of carboxylic acids is 1. The van der Waals surface area contributed by atoms with Gasteiger partial charge in [-0.3, -0.25) is 0 Å². The van der Waals surface area contributed by atoms with Crippen molar-refractivity contribution in [3.05, 3.63) is 24.0 Å². The first-order valence-electron chi connectivity index (χ1n) is 5.76. The van der Waals surface area contributed by atoms with Crippen LogP contribution in [0.3, 0.4) is 0 Å². The van der Waals surface area contributed by atoms with E-state index in [1.54, 1.807) is 6.07 Å². The molecule has 1 atom stereocenters. The first-order chi connectivity index (χ1) is 8.20. The molecular formula is C12H16N2O3. The summed E-state index contributed by atoms with van der Waals surface area (Å²) in [5.41, 5.74) is 0.934. The number of pyridine rings is 1. The Morgan fingerprint density at radius 3 is 3.12 bits per heavy atom. The van der Waals surface area contributed by atoms with E-state index in [0.717, 1.165) is 31.6 Å². The normalized spacial score (nSPS) is 20.3. The summed E-state index contributed by atoms with van der Waals surface area (Å²) in [4.78, 5) is 16.7. The van der Waals surface area contributed by atoms with Gasteiger partial charge in [0.1, 0.15) is 5.69 Å². The van der Waals surface area contributed by atoms with Crippen molar-refractivity contribution in [3.63, 3.8) is 0 Å². The van der Waals surface area contributed by atoms with Gasteiger partial charge >= 0.3 is 5.97 Å². The second-order valence-electron chi connectivity index (χ2n) is 4.34. The summed E-state index contributed by atoms with van der Waals surface area (Å²) >= 11 is 0. The van der Waals surface area contributed by atoms with Gasteiger partial charge < -0.3 is 15.1 Å². The van der Waals surface area contributed by atoms with Gasteiger partial charge in [-0.2, -0.15) is 0 Å². The summed E-state index contributed by atoms with van der Waals surface area (Å²) < 4.78 is 0. The molecule has 0 spiro atoms. The molecule has 5 nitrogen and oxygen atoms in total. The van der Waals surface area contributed by atoms with Crippen LogP contribution < -0.4 is 4.90 Å². The van der Waals surface area contributed by atoms with E-state index in [0.29, 0.717) is 0 Å². The predicted molar refractivity (Wildman–Crippen MR) is 63.2 cm³/mol. The number of carbonyl (C=O) groups is 1. The first kappa shape index (κ1) is 11.9. The summed E-state index contributed by atoms with van der Waals surface area (Å²) in [5.74, 6) is -0.729. The lowest BCUT2D eigenvalue weighted by Gasteiger charge is -2.33. The van der Waals surface area contributed by atoms with Gasteiger partial charge in [0.15, 0.2) is 0 Å². The molecule has 0 radical (unpaired) electrons. The van der Waals surface area contributed by atoms with Crippen LogP contribution in [0.4, 0.5) is 5.69 Å². The standard InChI is InChI=1S/C12H16N2O3/c15-8-9-2-1-5-14(7-9)10-3-4-13-11(6-10)12(16)17/h3-4,6,9,15H,1-2,5,7-8H2,(H,16,17). The SMILES string of the molecule is O=C(O)c1cc(N2CCCC(CO)C2)ccn1. The second kappa shape index (κ2) is 5.14. The Morgan fingerprint density at radius 1 is 1.59 bits per heavy atom. The van der Waals surface area contributed by atoms with Gasteiger partial charge in [0, 0.05) is 31.6 Å². The largest absolute Gasteiger partial charge is 0.477 e. The fourth-order valence-electron chi connectivity index (χ4n) is 2.18. The summed E-state index contributed by atoms with van der Waals surface area (Å²) in [6.45, 7) is 1.87. The molecule has 1 aromatic heterocycles. The molecule has 0 amide bonds. The van der Waals surface area contributed by atoms with E-state index in [4.69, 9.17) is 10.2 Å². The smallest absolute Gasteiger partial charge is 0.354 e. The lowest BCUT2D eigenvalue weighted by molar-refractivity contribution is 0.0690. The average molecular weight is 236 g/mol. The Labute approximate surface area is 99.7 Å². The summed E-state index contributed by atoms with van der Waals surface area (Å²) in [6, 6.07) is 3.40. The molecule has 0 saturated carbocycles. The number of carboxylic acid groups (broad SMARTS) is 1. The van der Waals surface area contributed by atoms with Crippen LogP contribution in [0.5, 0.6) is 0 Å². The van der Waals surface area contributed by atoms with Crippen molar-refractivity contribution in [2.45, 2.75) is 12.8 Å². The van der Waals surface area contributed by atoms with E-state index >= 15 is 0 Å². The van der Waals surface area contributed by atoms with Crippen LogP contribution in [-0.2, 0) is 0 Å². The molecule has 17 heavy (non-hydrogen) atoms. The number of piperidine rings is 1. The van der Waals surface area contributed by atoms with E-state index in [9.17, 15) is 4.79 Å². The number of anilines is 1. The number of aromatic nitrogens is 1. The minimum atomic E-state index is -1.01. The minimum absolute atomic E-state index is 0.0635. The quantitative estimate of drug-likeness (QED) is 0.818. The maximum atomic E-state index is 10.8. The maximum absolute atomic E-state index is 10.8. The number of aliphatic hydroxyl groups is 1. The third-order valence-electron chi connectivity index (χ3n) is 3.10. The van der Waals surface area contributed by atoms with Crippen molar-refractivity contribution in [3.8, 4) is 0 Å². The molecular weight excluding hydrogens is 220 g/mol. The van der Waals surface area contributed by atoms with Crippen molar-refractivity contribution in [1.29, 1.82) is 0 Å². The lowest BCUT2D eigenvalue weighted by Crippen LogP contribution is -2.36. The van der Waals surface area contributed by atoms with Crippen LogP contribution in [0.25, 0.3) is 0 Å². The highest BCUT2D eigenvalue weighted by molar-refractivity contribution is 5.86. The van der Waals surface area contributed by atoms with Gasteiger partial charge in [0.2, 0.25) is 0 Å². The average Bonchev–Trinajstić information content (AvgIpc) is 2.39. The Kier molecular flexibility index (Phi) is 3.58. The van der Waals surface area contributed by atoms with Crippen molar-refractivity contribution >= 4 is 11.7 Å². The zero-order valence-electron chi connectivity index (χ0n) is 9.54. The van der Waals surface area contributed by atoms with Crippen molar-refractivity contribution in [1.82, 2.24) is 4.98 Å². The summed E-state index contributed by atoms with van der Waals surface area (Å²) in [7, 11) is 0. The number of hydrogen-bond acceptors (Lipinski definition) is 4. The van der Waals surface area contributed by atoms with E-state index in [1.165, 1.54) is 6.20 Å². The second-order valence-corrected chi connectivity index (χ2v) is 4.34. The number of rotatable bonds is 3. The molecule has 0 aliphatic carbocycles. The zero-order chi connectivity index (χ0) is 12.3. The number of aromatic carboxylic acids is 1. The molecule has 1 saturated heterocycles. The molecule has 5 heteroatoms. The Bertz CT molecular complexity index is 408. The van der Waals surface area contributed by atoms with Gasteiger partial charge in [0.25, 0.3) is 0 Å². The van der Waals surface area contributed by atoms with Gasteiger partial charge in [-0.25, -0.2) is 9.78 Å². The van der Waals surface area contributed by atoms with Crippen molar-refractivity contribution < 1.29 is 15.0 Å². The Morgan fingerprint density at radius 2 is 2.41 bits per heavy atom. The Hall–Kier alpha value is -1.62. The van der Waals surface area contributed by atoms with Crippen molar-refractivity contribution in [2.24, 2.45) is 5.92 Å². The highest BCUT2D eigenvalue weighted by Gasteiger charge is 2.20. The number of nitrogens with zero attached hydrogens (tertiary/aromatic N) is 2. The van der Waals surface area contributed by atoms with Crippen LogP contribution in [0.2, 0.25) is 0 Å². The van der Waals surface area contributed by atoms with Gasteiger partial charge in [-0.05, 0) is 30.9 Å². The highest BCUT2D eigenvalue weighted by atomic mass is 16.4. The fraction of sp³-hybridized carbons (Fsp3) is 0.500. The minimum Gasteiger partial charge on any atom is -0.477 e. The zero-order valence-corrected chi connectivity index (χ0v) is 9.54. The molecule has 1 aliphatic heterocycles. The lowest BCUT2D eigenvalue weighted by atomic mass is 9.98. The molecule has 1 aliphatic rings. The van der Waals surface area contributed by atoms with Gasteiger partial charge in [0.05, 0.1) is 0 Å². The van der Waals surface area contributed by atoms with Crippen LogP contribution in [0.1, 0.15) is 23.3 Å². The van der Waals surface area contributed by atoms with Crippen LogP contribution >= 0.6 is 0 Å². The molecule has 1 unspecified atom stereocenters. The highest BCUT2D eigenvalue weighted by Crippen LogP contribution is 2.23. The first-order valence-corrected chi connectivity index (χ1v) is 5.76. The molecule has 0 aromatic carbocycles. The molecule has 2 heterocycles. The number of aliphatic hydroxyl groups excluding tert-OH is 1. The summed E-state index contributed by atoms with van der Waals surface area (Å²) in [6.07, 6.45) is 3.57. The fourth-order valence-corrected chi connectivity index (χ4v) is 2.18. The third kappa shape index (κ3) is 2.74. The molecule has 1 fully saturated rings. The van der Waals surface area contributed by atoms with E-state index in [2.05, 4.69) is 9.88 Å². The van der Waals surface area contributed by atoms with Gasteiger partial charge in [-0.1, -0.05) is 0 Å². The topological polar surface area (TPSA) is 73.7 Å². The van der Waals surface area contributed by atoms with Crippen LogP contribution in [0, 0.1) is 5.92 Å². The van der Waals surface area contributed by atoms with Crippen LogP contribution in [0.15, 0.2) is 18.3 Å². The molecule has 92 valence electrons. The van der Waals surface area contributed by atoms with E-state index < -0.39 is 5.97 Å². The monoisotopic (exact) mass is 236 g/mol. The van der Waals surface area contributed by atoms with Crippen molar-refractivity contribution in [2.75, 3.05) is 24.6 Å². The predicted octanol–water partition coefficient (Wildman–Crippen LogP) is 0.988. The number of hydrogen-bond donors (Lipinski definition) is 2. The molecule has 0 bridgehead atoms. The van der Waals surface area contributed by atoms with Crippen LogP contribution in [-0.4, -0.2) is 40.9 Å². The van der Waals surface area contributed by atoms with Gasteiger partial charge in [-0.15, -0.1) is 0 Å². The molecule has 2 rings (SSSR count). The maximum Gasteiger partial charge on any atom is 0.354 e. The van der Waals surface area contributed by atoms with E-state index in [1.807, 2.05) is 6.07 Å².